The Morgan fingerprint density at radius 3 is 1.15 bits per heavy atom. The van der Waals surface area contributed by atoms with E-state index in [1.54, 1.807) is 0 Å². The van der Waals surface area contributed by atoms with Crippen LogP contribution in [0.5, 0.6) is 0 Å². The summed E-state index contributed by atoms with van der Waals surface area (Å²) in [6, 6.07) is 0. The summed E-state index contributed by atoms with van der Waals surface area (Å²) in [5.74, 6) is 2.38. The molecule has 0 bridgehead atoms. The van der Waals surface area contributed by atoms with Crippen molar-refractivity contribution in [2.24, 2.45) is 0 Å². The van der Waals surface area contributed by atoms with Crippen molar-refractivity contribution in [3.63, 3.8) is 0 Å². The fraction of sp³-hybridized carbons (Fsp3) is 1.00. The third-order valence-corrected chi connectivity index (χ3v) is 18.2. The van der Waals surface area contributed by atoms with E-state index in [4.69, 9.17) is 0 Å². The van der Waals surface area contributed by atoms with E-state index < -0.39 is 0 Å². The minimum Gasteiger partial charge on any atom is -0.0820 e. The van der Waals surface area contributed by atoms with Crippen LogP contribution in [-0.2, 0) is 0 Å². The third-order valence-electron chi connectivity index (χ3n) is 0.499. The second-order valence-corrected chi connectivity index (χ2v) is 16.7. The maximum Gasteiger partial charge on any atom is 0.00169 e. The topological polar surface area (TPSA) is 0 Å². The molecule has 9 heteroatoms. The van der Waals surface area contributed by atoms with E-state index in [-0.39, 0.29) is 0 Å². The Bertz CT molecular complexity index is 77.7. The maximum atomic E-state index is 2.18. The first-order chi connectivity index (χ1) is 6.41. The van der Waals surface area contributed by atoms with Crippen molar-refractivity contribution >= 4 is 90.4 Å². The monoisotopic (exact) mass is 346 g/mol. The summed E-state index contributed by atoms with van der Waals surface area (Å²) in [6.45, 7) is 4.36. The molecule has 0 spiro atoms. The Kier molecular flexibility index (Phi) is 18.8. The van der Waals surface area contributed by atoms with Crippen molar-refractivity contribution in [2.45, 2.75) is 13.8 Å². The number of rotatable bonds is 10. The average molecular weight is 347 g/mol. The molecule has 0 saturated carbocycles. The van der Waals surface area contributed by atoms with Crippen LogP contribution in [0, 0.1) is 0 Å². The van der Waals surface area contributed by atoms with Gasteiger partial charge in [-0.15, -0.1) is 0 Å². The van der Waals surface area contributed by atoms with Gasteiger partial charge in [0.05, 0.1) is 0 Å². The smallest absolute Gasteiger partial charge is 0.00169 e. The van der Waals surface area contributed by atoms with Gasteiger partial charge in [-0.1, -0.05) is 35.4 Å². The molecule has 0 rings (SSSR count). The Morgan fingerprint density at radius 2 is 0.846 bits per heavy atom. The summed E-state index contributed by atoms with van der Waals surface area (Å²) in [5.41, 5.74) is 0. The van der Waals surface area contributed by atoms with Crippen LogP contribution < -0.4 is 0 Å². The van der Waals surface area contributed by atoms with Gasteiger partial charge in [0.15, 0.2) is 0 Å². The van der Waals surface area contributed by atoms with E-state index in [2.05, 4.69) is 13.8 Å². The highest BCUT2D eigenvalue weighted by atomic mass is 34.0. The van der Waals surface area contributed by atoms with Crippen molar-refractivity contribution < 1.29 is 0 Å². The van der Waals surface area contributed by atoms with Gasteiger partial charge in [0.1, 0.15) is 0 Å². The fourth-order valence-electron chi connectivity index (χ4n) is 0.192. The van der Waals surface area contributed by atoms with E-state index in [1.807, 2.05) is 90.4 Å². The van der Waals surface area contributed by atoms with E-state index >= 15 is 0 Å². The molecule has 0 heterocycles. The SMILES string of the molecule is CCSSSSSSSSSCC. The van der Waals surface area contributed by atoms with E-state index in [9.17, 15) is 0 Å². The summed E-state index contributed by atoms with van der Waals surface area (Å²) < 4.78 is 0. The molecule has 0 atom stereocenters. The van der Waals surface area contributed by atoms with E-state index in [0.29, 0.717) is 0 Å². The van der Waals surface area contributed by atoms with Gasteiger partial charge in [-0.3, -0.25) is 0 Å². The second kappa shape index (κ2) is 15.1. The van der Waals surface area contributed by atoms with Gasteiger partial charge in [0.2, 0.25) is 0 Å². The van der Waals surface area contributed by atoms with Crippen LogP contribution in [0.2, 0.25) is 0 Å². The zero-order valence-corrected chi connectivity index (χ0v) is 14.4. The molecule has 0 aromatic carbocycles. The molecular formula is C4H10S9. The summed E-state index contributed by atoms with van der Waals surface area (Å²) in [6.07, 6.45) is 0. The Labute approximate surface area is 114 Å². The number of hydrogen-bond acceptors (Lipinski definition) is 9. The molecule has 0 fully saturated rings. The fourth-order valence-corrected chi connectivity index (χ4v) is 19.6. The second-order valence-electron chi connectivity index (χ2n) is 1.29. The molecule has 0 saturated heterocycles. The molecule has 0 aromatic heterocycles. The Morgan fingerprint density at radius 1 is 0.538 bits per heavy atom. The highest BCUT2D eigenvalue weighted by molar-refractivity contribution is 9.51. The predicted octanol–water partition coefficient (Wildman–Crippen LogP) is 6.95. The average Bonchev–Trinajstić information content (AvgIpc) is 2.16. The van der Waals surface area contributed by atoms with Crippen LogP contribution in [0.25, 0.3) is 0 Å². The van der Waals surface area contributed by atoms with Crippen LogP contribution in [0.3, 0.4) is 0 Å². The van der Waals surface area contributed by atoms with Gasteiger partial charge in [0.25, 0.3) is 0 Å². The van der Waals surface area contributed by atoms with Gasteiger partial charge in [0, 0.05) is 11.5 Å². The molecule has 0 radical (unpaired) electrons. The molecule has 0 unspecified atom stereocenters. The van der Waals surface area contributed by atoms with Crippen LogP contribution in [-0.4, -0.2) is 11.5 Å². The molecular weight excluding hydrogens is 337 g/mol. The van der Waals surface area contributed by atoms with E-state index in [1.165, 1.54) is 11.5 Å². The molecule has 0 amide bonds. The van der Waals surface area contributed by atoms with Gasteiger partial charge >= 0.3 is 0 Å². The molecule has 0 N–H and O–H groups in total. The molecule has 0 aliphatic rings. The lowest BCUT2D eigenvalue weighted by molar-refractivity contribution is 1.54. The molecule has 0 aliphatic carbocycles. The Balaban J connectivity index is 2.76. The lowest BCUT2D eigenvalue weighted by Gasteiger charge is -1.96. The first kappa shape index (κ1) is 16.1. The first-order valence-corrected chi connectivity index (χ1v) is 15.1. The highest BCUT2D eigenvalue weighted by Crippen LogP contribution is 2.58. The summed E-state index contributed by atoms with van der Waals surface area (Å²) in [5, 5.41) is 0. The lowest BCUT2D eigenvalue weighted by atomic mass is 11.0. The normalized spacial score (nSPS) is 10.6. The highest BCUT2D eigenvalue weighted by Gasteiger charge is 1.95. The van der Waals surface area contributed by atoms with Crippen molar-refractivity contribution in [1.29, 1.82) is 0 Å². The zero-order chi connectivity index (χ0) is 9.78. The van der Waals surface area contributed by atoms with Crippen LogP contribution in [0.15, 0.2) is 0 Å². The maximum absolute atomic E-state index is 2.18. The van der Waals surface area contributed by atoms with Crippen molar-refractivity contribution in [2.75, 3.05) is 11.5 Å². The van der Waals surface area contributed by atoms with Gasteiger partial charge < -0.3 is 0 Å². The lowest BCUT2D eigenvalue weighted by Crippen LogP contribution is -1.50. The third kappa shape index (κ3) is 15.1. The van der Waals surface area contributed by atoms with Crippen molar-refractivity contribution in [3.8, 4) is 0 Å². The Hall–Kier alpha value is 3.15. The summed E-state index contributed by atoms with van der Waals surface area (Å²) in [7, 11) is 16.8. The summed E-state index contributed by atoms with van der Waals surface area (Å²) in [4.78, 5) is 0. The minimum atomic E-state index is 1.19. The van der Waals surface area contributed by atoms with E-state index in [0.717, 1.165) is 0 Å². The molecule has 0 nitrogen and oxygen atoms in total. The van der Waals surface area contributed by atoms with Crippen molar-refractivity contribution in [3.05, 3.63) is 0 Å². The number of hydrogen-bond donors (Lipinski definition) is 0. The van der Waals surface area contributed by atoms with Gasteiger partial charge in [-0.05, 0) is 68.8 Å². The largest absolute Gasteiger partial charge is 0.0820 e. The molecule has 80 valence electrons. The van der Waals surface area contributed by atoms with Crippen LogP contribution in [0.1, 0.15) is 13.8 Å². The van der Waals surface area contributed by atoms with Crippen LogP contribution in [0.4, 0.5) is 0 Å². The zero-order valence-electron chi connectivity index (χ0n) is 7.09. The standard InChI is InChI=1S/C4H10S9/c1-3-5-7-9-11-13-12-10-8-6-4-2/h3-4H2,1-2H3. The molecule has 13 heavy (non-hydrogen) atoms. The quantitative estimate of drug-likeness (QED) is 0.302. The minimum absolute atomic E-state index is 1.19. The van der Waals surface area contributed by atoms with Crippen molar-refractivity contribution in [1.82, 2.24) is 0 Å². The molecule has 0 aliphatic heterocycles. The van der Waals surface area contributed by atoms with Gasteiger partial charge in [-0.2, -0.15) is 0 Å². The van der Waals surface area contributed by atoms with Gasteiger partial charge in [-0.25, -0.2) is 0 Å². The first-order valence-electron chi connectivity index (χ1n) is 3.32. The predicted molar refractivity (Wildman–Crippen MR) is 89.4 cm³/mol. The molecule has 0 aromatic rings. The van der Waals surface area contributed by atoms with Crippen LogP contribution >= 0.6 is 90.4 Å². The summed E-state index contributed by atoms with van der Waals surface area (Å²) >= 11 is 0.